The smallest absolute Gasteiger partial charge is 0.237 e. The molecule has 0 N–H and O–H groups in total. The van der Waals surface area contributed by atoms with Crippen molar-refractivity contribution in [1.29, 1.82) is 0 Å². The van der Waals surface area contributed by atoms with E-state index in [-0.39, 0.29) is 5.16 Å². The van der Waals surface area contributed by atoms with Crippen LogP contribution in [0.25, 0.3) is 10.8 Å². The zero-order chi connectivity index (χ0) is 15.5. The van der Waals surface area contributed by atoms with Gasteiger partial charge in [-0.2, -0.15) is 0 Å². The topological polar surface area (TPSA) is 43.5 Å². The summed E-state index contributed by atoms with van der Waals surface area (Å²) in [6.45, 7) is 3.05. The lowest BCUT2D eigenvalue weighted by Crippen LogP contribution is -2.23. The van der Waals surface area contributed by atoms with E-state index in [4.69, 9.17) is 18.3 Å². The Morgan fingerprint density at radius 1 is 0.913 bits per heavy atom. The molecule has 0 amide bonds. The Morgan fingerprint density at radius 2 is 1.52 bits per heavy atom. The van der Waals surface area contributed by atoms with Crippen LogP contribution in [0.4, 0.5) is 0 Å². The summed E-state index contributed by atoms with van der Waals surface area (Å²) in [6, 6.07) is 15.0. The monoisotopic (exact) mass is 342 g/mol. The molecule has 2 saturated heterocycles. The second-order valence-electron chi connectivity index (χ2n) is 5.77. The number of hydrogen-bond donors (Lipinski definition) is 0. The van der Waals surface area contributed by atoms with Crippen LogP contribution in [0.15, 0.2) is 42.5 Å². The Hall–Kier alpha value is -1.03. The molecule has 0 aromatic heterocycles. The average Bonchev–Trinajstić information content (AvgIpc) is 3.48. The van der Waals surface area contributed by atoms with Gasteiger partial charge in [0, 0.05) is 5.16 Å². The van der Waals surface area contributed by atoms with E-state index in [2.05, 4.69) is 42.5 Å². The molecule has 4 radical (unpaired) electrons. The first kappa shape index (κ1) is 15.5. The largest absolute Gasteiger partial charge is 0.414 e. The van der Waals surface area contributed by atoms with Gasteiger partial charge in [0.15, 0.2) is 0 Å². The second kappa shape index (κ2) is 7.25. The summed E-state index contributed by atoms with van der Waals surface area (Å²) in [6.07, 6.45) is 0.611. The maximum Gasteiger partial charge on any atom is 0.237 e. The minimum atomic E-state index is 0.276. The number of fused-ring (bicyclic) bond motifs is 1. The molecule has 118 valence electrons. The highest BCUT2D eigenvalue weighted by molar-refractivity contribution is 6.52. The Morgan fingerprint density at radius 3 is 2.17 bits per heavy atom. The summed E-state index contributed by atoms with van der Waals surface area (Å²) < 4.78 is 22.2. The molecule has 2 aromatic carbocycles. The maximum atomic E-state index is 5.89. The molecule has 23 heavy (non-hydrogen) atoms. The van der Waals surface area contributed by atoms with E-state index in [0.29, 0.717) is 44.9 Å². The molecular weight excluding hydrogens is 324 g/mol. The Labute approximate surface area is 141 Å². The van der Waals surface area contributed by atoms with Gasteiger partial charge in [0.25, 0.3) is 0 Å². The fourth-order valence-corrected chi connectivity index (χ4v) is 4.78. The minimum Gasteiger partial charge on any atom is -0.414 e. The van der Waals surface area contributed by atoms with E-state index in [1.807, 2.05) is 0 Å². The van der Waals surface area contributed by atoms with E-state index in [9.17, 15) is 0 Å². The van der Waals surface area contributed by atoms with Crippen LogP contribution in [-0.2, 0) is 18.3 Å². The molecule has 4 rings (SSSR count). The summed E-state index contributed by atoms with van der Waals surface area (Å²) in [7, 11) is 0.774. The molecule has 0 aliphatic carbocycles. The van der Waals surface area contributed by atoms with Crippen molar-refractivity contribution in [2.24, 2.45) is 0 Å². The van der Waals surface area contributed by atoms with Gasteiger partial charge in [0.05, 0.1) is 26.4 Å². The lowest BCUT2D eigenvalue weighted by atomic mass is 10.1. The quantitative estimate of drug-likeness (QED) is 0.516. The molecule has 0 saturated carbocycles. The fourth-order valence-electron chi connectivity index (χ4n) is 2.43. The molecule has 2 aliphatic heterocycles. The zero-order valence-electron chi connectivity index (χ0n) is 12.7. The summed E-state index contributed by atoms with van der Waals surface area (Å²) in [5.41, 5.74) is 1.31. The molecule has 2 atom stereocenters. The van der Waals surface area contributed by atoms with Gasteiger partial charge in [-0.15, -0.1) is 0 Å². The van der Waals surface area contributed by atoms with Crippen molar-refractivity contribution in [1.82, 2.24) is 0 Å². The van der Waals surface area contributed by atoms with Crippen molar-refractivity contribution in [3.05, 3.63) is 48.0 Å². The third kappa shape index (κ3) is 4.29. The van der Waals surface area contributed by atoms with Gasteiger partial charge in [-0.3, -0.25) is 0 Å². The van der Waals surface area contributed by atoms with Crippen LogP contribution in [0.5, 0.6) is 0 Å². The summed E-state index contributed by atoms with van der Waals surface area (Å²) in [5, 5.41) is 2.83. The number of ether oxygens (including phenoxy) is 2. The lowest BCUT2D eigenvalue weighted by molar-refractivity contribution is 0.263. The van der Waals surface area contributed by atoms with Crippen LogP contribution in [0, 0.1) is 0 Å². The van der Waals surface area contributed by atoms with Crippen molar-refractivity contribution in [3.8, 4) is 0 Å². The predicted octanol–water partition coefficient (Wildman–Crippen LogP) is 1.91. The number of benzene rings is 2. The van der Waals surface area contributed by atoms with Gasteiger partial charge in [-0.25, -0.2) is 0 Å². The zero-order valence-corrected chi connectivity index (χ0v) is 14.7. The Bertz CT molecular complexity index is 635. The Balaban J connectivity index is 1.48. The first-order valence-electron chi connectivity index (χ1n) is 7.85. The van der Waals surface area contributed by atoms with Gasteiger partial charge in [0.1, 0.15) is 12.2 Å². The third-order valence-corrected chi connectivity index (χ3v) is 6.35. The van der Waals surface area contributed by atoms with Crippen molar-refractivity contribution in [2.45, 2.75) is 17.4 Å². The SMILES string of the molecule is c1ccc2c(C([Si]OCC3CO3)[Si]OCC3CO3)cccc2c1. The van der Waals surface area contributed by atoms with Crippen LogP contribution >= 0.6 is 0 Å². The number of hydrogen-bond acceptors (Lipinski definition) is 4. The molecule has 4 nitrogen and oxygen atoms in total. The molecule has 0 spiro atoms. The van der Waals surface area contributed by atoms with Gasteiger partial charge in [0.2, 0.25) is 19.5 Å². The fraction of sp³-hybridized carbons (Fsp3) is 0.412. The highest BCUT2D eigenvalue weighted by Crippen LogP contribution is 2.25. The van der Waals surface area contributed by atoms with E-state index < -0.39 is 0 Å². The third-order valence-electron chi connectivity index (χ3n) is 3.88. The first-order chi connectivity index (χ1) is 11.4. The molecule has 2 fully saturated rings. The molecule has 0 bridgehead atoms. The summed E-state index contributed by atoms with van der Waals surface area (Å²) in [4.78, 5) is 0. The van der Waals surface area contributed by atoms with Crippen LogP contribution in [0.1, 0.15) is 10.7 Å². The normalized spacial score (nSPS) is 23.8. The van der Waals surface area contributed by atoms with Crippen LogP contribution in [0.2, 0.25) is 0 Å². The van der Waals surface area contributed by atoms with Gasteiger partial charge >= 0.3 is 0 Å². The second-order valence-corrected chi connectivity index (χ2v) is 8.55. The average molecular weight is 342 g/mol. The van der Waals surface area contributed by atoms with Gasteiger partial charge in [-0.05, 0) is 16.3 Å². The number of epoxide rings is 2. The maximum absolute atomic E-state index is 5.89. The molecule has 6 heteroatoms. The molecule has 2 aromatic rings. The van der Waals surface area contributed by atoms with Gasteiger partial charge in [-0.1, -0.05) is 42.5 Å². The molecule has 2 unspecified atom stereocenters. The van der Waals surface area contributed by atoms with Crippen LogP contribution < -0.4 is 0 Å². The lowest BCUT2D eigenvalue weighted by Gasteiger charge is -2.17. The molecule has 2 heterocycles. The first-order valence-corrected chi connectivity index (χ1v) is 9.83. The minimum absolute atomic E-state index is 0.276. The van der Waals surface area contributed by atoms with Crippen molar-refractivity contribution in [3.63, 3.8) is 0 Å². The number of rotatable bonds is 9. The van der Waals surface area contributed by atoms with Crippen molar-refractivity contribution in [2.75, 3.05) is 26.4 Å². The van der Waals surface area contributed by atoms with Crippen molar-refractivity contribution >= 4 is 30.3 Å². The predicted molar refractivity (Wildman–Crippen MR) is 89.6 cm³/mol. The molecular formula is C17H18O4Si2. The standard InChI is InChI=1S/C17H18O4Si2/c1-2-6-15-12(4-1)5-3-7-16(15)17(22-20-10-13-8-18-13)23-21-11-14-9-19-14/h1-7,13-14,17H,8-11H2. The van der Waals surface area contributed by atoms with E-state index in [0.717, 1.165) is 13.2 Å². The van der Waals surface area contributed by atoms with E-state index >= 15 is 0 Å². The highest BCUT2D eigenvalue weighted by atomic mass is 28.3. The van der Waals surface area contributed by atoms with E-state index in [1.54, 1.807) is 0 Å². The Kier molecular flexibility index (Phi) is 4.89. The molecule has 2 aliphatic rings. The van der Waals surface area contributed by atoms with Gasteiger partial charge < -0.3 is 18.3 Å². The highest BCUT2D eigenvalue weighted by Gasteiger charge is 2.27. The van der Waals surface area contributed by atoms with E-state index in [1.165, 1.54) is 16.3 Å². The summed E-state index contributed by atoms with van der Waals surface area (Å²) >= 11 is 0. The van der Waals surface area contributed by atoms with Crippen LogP contribution in [-0.4, -0.2) is 58.2 Å². The van der Waals surface area contributed by atoms with Crippen molar-refractivity contribution < 1.29 is 18.3 Å². The summed E-state index contributed by atoms with van der Waals surface area (Å²) in [5.74, 6) is 0. The van der Waals surface area contributed by atoms with Crippen LogP contribution in [0.3, 0.4) is 0 Å².